The first-order valence-corrected chi connectivity index (χ1v) is 7.53. The van der Waals surface area contributed by atoms with Gasteiger partial charge in [-0.2, -0.15) is 5.06 Å². The molecule has 0 aliphatic carbocycles. The van der Waals surface area contributed by atoms with Crippen molar-refractivity contribution in [2.24, 2.45) is 5.92 Å². The summed E-state index contributed by atoms with van der Waals surface area (Å²) in [4.78, 5) is 17.7. The van der Waals surface area contributed by atoms with Gasteiger partial charge in [0.05, 0.1) is 32.4 Å². The second-order valence-corrected chi connectivity index (χ2v) is 5.77. The molecule has 0 aromatic heterocycles. The van der Waals surface area contributed by atoms with Crippen molar-refractivity contribution in [1.29, 1.82) is 0 Å². The molecule has 2 heterocycles. The summed E-state index contributed by atoms with van der Waals surface area (Å²) >= 11 is 0. The Hall–Kier alpha value is -1.47. The molecule has 6 nitrogen and oxygen atoms in total. The zero-order valence-electron chi connectivity index (χ0n) is 12.9. The van der Waals surface area contributed by atoms with Gasteiger partial charge in [0.2, 0.25) is 0 Å². The van der Waals surface area contributed by atoms with E-state index in [0.29, 0.717) is 19.1 Å². The molecule has 1 N–H and O–H groups in total. The molecule has 22 heavy (non-hydrogen) atoms. The number of rotatable bonds is 5. The van der Waals surface area contributed by atoms with Crippen LogP contribution < -0.4 is 5.32 Å². The monoisotopic (exact) mass is 306 g/mol. The van der Waals surface area contributed by atoms with E-state index in [1.807, 2.05) is 42.4 Å². The number of ether oxygens (including phenoxy) is 2. The van der Waals surface area contributed by atoms with E-state index in [0.717, 1.165) is 12.1 Å². The summed E-state index contributed by atoms with van der Waals surface area (Å²) in [6.45, 7) is 1.87. The summed E-state index contributed by atoms with van der Waals surface area (Å²) in [5.74, 6) is 0.0249. The zero-order valence-corrected chi connectivity index (χ0v) is 12.9. The van der Waals surface area contributed by atoms with E-state index in [-0.39, 0.29) is 18.1 Å². The smallest absolute Gasteiger partial charge is 0.336 e. The van der Waals surface area contributed by atoms with Crippen LogP contribution in [0.2, 0.25) is 0 Å². The molecule has 2 aliphatic rings. The van der Waals surface area contributed by atoms with Crippen molar-refractivity contribution in [2.75, 3.05) is 27.3 Å². The standard InChI is InChI=1S/C16H22N2O4/c1-18-14-12(10-22-18)8-17-13(14)15(16(19)20-2)21-9-11-6-4-3-5-7-11/h3-7,12-15,17H,8-10H2,1-2H3/t12-,13+,14+,15-/m1/s1. The molecule has 6 heteroatoms. The third-order valence-electron chi connectivity index (χ3n) is 4.41. The minimum absolute atomic E-state index is 0.125. The second-order valence-electron chi connectivity index (χ2n) is 5.77. The highest BCUT2D eigenvalue weighted by Crippen LogP contribution is 2.30. The summed E-state index contributed by atoms with van der Waals surface area (Å²) in [6.07, 6.45) is -0.649. The molecule has 1 aromatic carbocycles. The molecule has 0 bridgehead atoms. The summed E-state index contributed by atoms with van der Waals surface area (Å²) < 4.78 is 10.8. The van der Waals surface area contributed by atoms with Gasteiger partial charge in [0.1, 0.15) is 0 Å². The summed E-state index contributed by atoms with van der Waals surface area (Å²) in [5, 5.41) is 5.22. The zero-order chi connectivity index (χ0) is 15.5. The van der Waals surface area contributed by atoms with E-state index < -0.39 is 6.10 Å². The number of carbonyl (C=O) groups excluding carboxylic acids is 1. The van der Waals surface area contributed by atoms with Crippen LogP contribution in [0, 0.1) is 5.92 Å². The van der Waals surface area contributed by atoms with Gasteiger partial charge >= 0.3 is 5.97 Å². The number of hydrogen-bond donors (Lipinski definition) is 1. The Morgan fingerprint density at radius 1 is 1.45 bits per heavy atom. The van der Waals surface area contributed by atoms with Crippen LogP contribution in [0.5, 0.6) is 0 Å². The average molecular weight is 306 g/mol. The lowest BCUT2D eigenvalue weighted by Crippen LogP contribution is -2.52. The molecule has 3 rings (SSSR count). The van der Waals surface area contributed by atoms with Crippen molar-refractivity contribution < 1.29 is 19.1 Å². The number of esters is 1. The molecular weight excluding hydrogens is 284 g/mol. The van der Waals surface area contributed by atoms with Crippen LogP contribution >= 0.6 is 0 Å². The lowest BCUT2D eigenvalue weighted by Gasteiger charge is -2.29. The van der Waals surface area contributed by atoms with Crippen molar-refractivity contribution in [3.63, 3.8) is 0 Å². The minimum Gasteiger partial charge on any atom is -0.467 e. The molecule has 2 saturated heterocycles. The Morgan fingerprint density at radius 2 is 2.23 bits per heavy atom. The van der Waals surface area contributed by atoms with Gasteiger partial charge in [0.25, 0.3) is 0 Å². The SMILES string of the molecule is COC(=O)[C@H](OCc1ccccc1)[C@H]1NC[C@@H]2CON(C)[C@@H]21. The van der Waals surface area contributed by atoms with Gasteiger partial charge in [0, 0.05) is 19.5 Å². The number of hydroxylamine groups is 2. The van der Waals surface area contributed by atoms with Crippen molar-refractivity contribution in [1.82, 2.24) is 10.4 Å². The van der Waals surface area contributed by atoms with Crippen LogP contribution in [0.4, 0.5) is 0 Å². The van der Waals surface area contributed by atoms with Crippen molar-refractivity contribution in [2.45, 2.75) is 24.8 Å². The molecule has 4 atom stereocenters. The van der Waals surface area contributed by atoms with Gasteiger partial charge in [-0.05, 0) is 5.56 Å². The quantitative estimate of drug-likeness (QED) is 0.803. The van der Waals surface area contributed by atoms with Crippen LogP contribution in [-0.2, 0) is 25.7 Å². The molecule has 0 radical (unpaired) electrons. The van der Waals surface area contributed by atoms with Crippen LogP contribution in [0.3, 0.4) is 0 Å². The van der Waals surface area contributed by atoms with Crippen LogP contribution in [0.1, 0.15) is 5.56 Å². The largest absolute Gasteiger partial charge is 0.467 e. The highest BCUT2D eigenvalue weighted by Gasteiger charge is 2.49. The fraction of sp³-hybridized carbons (Fsp3) is 0.562. The molecule has 1 aromatic rings. The Kier molecular flexibility index (Phi) is 4.73. The third-order valence-corrected chi connectivity index (χ3v) is 4.41. The van der Waals surface area contributed by atoms with Gasteiger partial charge in [-0.3, -0.25) is 4.84 Å². The first kappa shape index (κ1) is 15.4. The predicted octanol–water partition coefficient (Wildman–Crippen LogP) is 0.578. The Bertz CT molecular complexity index is 510. The number of nitrogens with one attached hydrogen (secondary N) is 1. The average Bonchev–Trinajstić information content (AvgIpc) is 3.12. The predicted molar refractivity (Wildman–Crippen MR) is 79.8 cm³/mol. The minimum atomic E-state index is -0.649. The fourth-order valence-corrected chi connectivity index (χ4v) is 3.28. The Labute approximate surface area is 130 Å². The molecule has 2 fully saturated rings. The van der Waals surface area contributed by atoms with Crippen LogP contribution in [0.15, 0.2) is 30.3 Å². The van der Waals surface area contributed by atoms with E-state index in [1.165, 1.54) is 7.11 Å². The topological polar surface area (TPSA) is 60.0 Å². The van der Waals surface area contributed by atoms with Crippen molar-refractivity contribution >= 4 is 5.97 Å². The van der Waals surface area contributed by atoms with Gasteiger partial charge in [-0.15, -0.1) is 0 Å². The number of hydrogen-bond acceptors (Lipinski definition) is 6. The molecule has 0 amide bonds. The van der Waals surface area contributed by atoms with E-state index in [9.17, 15) is 4.79 Å². The molecule has 0 saturated carbocycles. The normalized spacial score (nSPS) is 29.3. The van der Waals surface area contributed by atoms with E-state index in [1.54, 1.807) is 0 Å². The van der Waals surface area contributed by atoms with E-state index in [4.69, 9.17) is 14.3 Å². The van der Waals surface area contributed by atoms with Crippen molar-refractivity contribution in [3.8, 4) is 0 Å². The van der Waals surface area contributed by atoms with E-state index >= 15 is 0 Å². The van der Waals surface area contributed by atoms with Crippen molar-refractivity contribution in [3.05, 3.63) is 35.9 Å². The number of nitrogens with zero attached hydrogens (tertiary/aromatic N) is 1. The first-order chi connectivity index (χ1) is 10.7. The highest BCUT2D eigenvalue weighted by atomic mass is 16.7. The molecule has 0 spiro atoms. The maximum atomic E-state index is 12.2. The number of fused-ring (bicyclic) bond motifs is 1. The number of carbonyl (C=O) groups is 1. The van der Waals surface area contributed by atoms with Gasteiger partial charge in [-0.25, -0.2) is 4.79 Å². The first-order valence-electron chi connectivity index (χ1n) is 7.53. The van der Waals surface area contributed by atoms with Gasteiger partial charge in [-0.1, -0.05) is 30.3 Å². The van der Waals surface area contributed by atoms with Gasteiger partial charge in [0.15, 0.2) is 6.10 Å². The summed E-state index contributed by atoms with van der Waals surface area (Å²) in [6, 6.07) is 9.81. The lowest BCUT2D eigenvalue weighted by molar-refractivity contribution is -0.163. The number of benzene rings is 1. The van der Waals surface area contributed by atoms with Crippen LogP contribution in [0.25, 0.3) is 0 Å². The Balaban J connectivity index is 1.71. The second kappa shape index (κ2) is 6.75. The van der Waals surface area contributed by atoms with Gasteiger partial charge < -0.3 is 14.8 Å². The molecular formula is C16H22N2O4. The fourth-order valence-electron chi connectivity index (χ4n) is 3.28. The molecule has 0 unspecified atom stereocenters. The number of methoxy groups -OCH3 is 1. The molecule has 2 aliphatic heterocycles. The summed E-state index contributed by atoms with van der Waals surface area (Å²) in [5.41, 5.74) is 1.03. The maximum Gasteiger partial charge on any atom is 0.336 e. The number of likely N-dealkylation sites (N-methyl/N-ethyl adjacent to an activating group) is 1. The summed E-state index contributed by atoms with van der Waals surface area (Å²) in [7, 11) is 3.29. The van der Waals surface area contributed by atoms with Crippen LogP contribution in [-0.4, -0.2) is 56.5 Å². The lowest BCUT2D eigenvalue weighted by atomic mass is 9.97. The highest BCUT2D eigenvalue weighted by molar-refractivity contribution is 5.75. The van der Waals surface area contributed by atoms with E-state index in [2.05, 4.69) is 5.32 Å². The third kappa shape index (κ3) is 3.01. The molecule has 120 valence electrons. The Morgan fingerprint density at radius 3 is 2.95 bits per heavy atom. The maximum absolute atomic E-state index is 12.2.